The van der Waals surface area contributed by atoms with E-state index in [1.807, 2.05) is 13.8 Å². The van der Waals surface area contributed by atoms with Gasteiger partial charge < -0.3 is 14.8 Å². The van der Waals surface area contributed by atoms with Crippen molar-refractivity contribution in [2.75, 3.05) is 33.0 Å². The predicted molar refractivity (Wildman–Crippen MR) is 85.4 cm³/mol. The summed E-state index contributed by atoms with van der Waals surface area (Å²) in [5.41, 5.74) is 0. The molecule has 0 radical (unpaired) electrons. The summed E-state index contributed by atoms with van der Waals surface area (Å²) < 4.78 is 10.7. The lowest BCUT2D eigenvalue weighted by atomic mass is 10.1. The van der Waals surface area contributed by atoms with Crippen molar-refractivity contribution in [3.63, 3.8) is 0 Å². The molecule has 0 heterocycles. The summed E-state index contributed by atoms with van der Waals surface area (Å²) in [5.74, 6) is 0.246. The normalized spacial score (nSPS) is 10.6. The summed E-state index contributed by atoms with van der Waals surface area (Å²) in [6.45, 7) is 7.47. The first-order valence-electron chi connectivity index (χ1n) is 8.14. The van der Waals surface area contributed by atoms with Crippen LogP contribution in [0.15, 0.2) is 0 Å². The van der Waals surface area contributed by atoms with Crippen LogP contribution in [0.2, 0.25) is 0 Å². The number of amides is 1. The zero-order valence-electron chi connectivity index (χ0n) is 13.6. The van der Waals surface area contributed by atoms with Gasteiger partial charge in [0, 0.05) is 53.7 Å². The molecule has 21 heavy (non-hydrogen) atoms. The van der Waals surface area contributed by atoms with Gasteiger partial charge in [-0.2, -0.15) is 0 Å². The lowest BCUT2D eigenvalue weighted by Crippen LogP contribution is -2.25. The molecule has 5 nitrogen and oxygen atoms in total. The Hall–Kier alpha value is -0.940. The van der Waals surface area contributed by atoms with Crippen LogP contribution in [0, 0.1) is 0 Å². The van der Waals surface area contributed by atoms with Crippen LogP contribution in [0.3, 0.4) is 0 Å². The molecule has 0 unspecified atom stereocenters. The van der Waals surface area contributed by atoms with E-state index in [4.69, 9.17) is 9.47 Å². The van der Waals surface area contributed by atoms with E-state index in [1.165, 1.54) is 0 Å². The number of nitrogens with one attached hydrogen (secondary N) is 1. The number of ether oxygens (including phenoxy) is 2. The van der Waals surface area contributed by atoms with Crippen molar-refractivity contribution in [2.24, 2.45) is 0 Å². The Balaban J connectivity index is 0. The number of carbonyl (C=O) groups is 2. The Kier molecular flexibility index (Phi) is 14.8. The number of carbonyl (C=O) groups excluding carboxylic acids is 2. The topological polar surface area (TPSA) is 64.6 Å². The molecule has 0 aromatic heterocycles. The summed E-state index contributed by atoms with van der Waals surface area (Å²) in [4.78, 5) is 22.6. The van der Waals surface area contributed by atoms with Gasteiger partial charge in [-0.15, -0.1) is 0 Å². The molecule has 5 heteroatoms. The van der Waals surface area contributed by atoms with Gasteiger partial charge in [0.25, 0.3) is 0 Å². The Bertz CT molecular complexity index is 275. The molecular formula is C16H33NO4. The van der Waals surface area contributed by atoms with Gasteiger partial charge in [0.05, 0.1) is 0 Å². The third kappa shape index (κ3) is 15.3. The van der Waals surface area contributed by atoms with Crippen LogP contribution in [-0.2, 0) is 19.1 Å². The van der Waals surface area contributed by atoms with E-state index in [2.05, 4.69) is 5.32 Å². The van der Waals surface area contributed by atoms with Crippen molar-refractivity contribution < 1.29 is 20.5 Å². The molecule has 0 aliphatic heterocycles. The third-order valence-electron chi connectivity index (χ3n) is 3.07. The molecule has 0 rings (SSSR count). The first kappa shape index (κ1) is 20.1. The molecule has 0 saturated carbocycles. The minimum absolute atomic E-state index is 0. The van der Waals surface area contributed by atoms with Crippen LogP contribution in [0.1, 0.15) is 60.2 Å². The van der Waals surface area contributed by atoms with Gasteiger partial charge in [-0.1, -0.05) is 6.92 Å². The summed E-state index contributed by atoms with van der Waals surface area (Å²) in [5, 5.41) is 2.84. The van der Waals surface area contributed by atoms with Gasteiger partial charge in [0.15, 0.2) is 0 Å². The molecule has 1 amide bonds. The number of hydrogen-bond acceptors (Lipinski definition) is 4. The van der Waals surface area contributed by atoms with Crippen LogP contribution in [0.25, 0.3) is 0 Å². The molecule has 126 valence electrons. The fourth-order valence-corrected chi connectivity index (χ4v) is 1.77. The van der Waals surface area contributed by atoms with Crippen molar-refractivity contribution in [1.29, 1.82) is 0 Å². The highest BCUT2D eigenvalue weighted by atomic mass is 16.5. The van der Waals surface area contributed by atoms with Crippen LogP contribution >= 0.6 is 0 Å². The number of Topliss-reactive ketones (excluding diaryl/α,β-unsaturated/α-hetero) is 1. The molecule has 0 aliphatic rings. The monoisotopic (exact) mass is 303 g/mol. The molecule has 0 spiro atoms. The van der Waals surface area contributed by atoms with E-state index in [-0.39, 0.29) is 13.1 Å². The largest absolute Gasteiger partial charge is 0.382 e. The van der Waals surface area contributed by atoms with Crippen molar-refractivity contribution >= 4 is 11.7 Å². The highest BCUT2D eigenvalue weighted by Gasteiger charge is 2.03. The van der Waals surface area contributed by atoms with Crippen molar-refractivity contribution in [1.82, 2.24) is 5.32 Å². The molecule has 0 aromatic rings. The number of rotatable bonds is 15. The van der Waals surface area contributed by atoms with E-state index in [9.17, 15) is 9.59 Å². The molecule has 0 fully saturated rings. The molecule has 1 N–H and O–H groups in total. The third-order valence-corrected chi connectivity index (χ3v) is 3.07. The maximum absolute atomic E-state index is 11.5. The molecule has 0 saturated heterocycles. The van der Waals surface area contributed by atoms with E-state index < -0.39 is 0 Å². The van der Waals surface area contributed by atoms with E-state index in [0.29, 0.717) is 38.8 Å². The lowest BCUT2D eigenvalue weighted by molar-refractivity contribution is -0.121. The average Bonchev–Trinajstić information content (AvgIpc) is 2.49. The maximum atomic E-state index is 11.5. The second-order valence-electron chi connectivity index (χ2n) is 4.97. The van der Waals surface area contributed by atoms with Crippen molar-refractivity contribution in [3.8, 4) is 0 Å². The molecule has 0 aromatic carbocycles. The Morgan fingerprint density at radius 1 is 0.905 bits per heavy atom. The first-order chi connectivity index (χ1) is 10.2. The Morgan fingerprint density at radius 2 is 1.57 bits per heavy atom. The number of hydrogen-bond donors (Lipinski definition) is 1. The Morgan fingerprint density at radius 3 is 2.24 bits per heavy atom. The molecule has 0 aliphatic carbocycles. The fourth-order valence-electron chi connectivity index (χ4n) is 1.77. The second-order valence-corrected chi connectivity index (χ2v) is 4.97. The lowest BCUT2D eigenvalue weighted by Gasteiger charge is -2.06. The molecular weight excluding hydrogens is 270 g/mol. The van der Waals surface area contributed by atoms with Crippen molar-refractivity contribution in [3.05, 3.63) is 0 Å². The van der Waals surface area contributed by atoms with Crippen LogP contribution in [0.5, 0.6) is 0 Å². The van der Waals surface area contributed by atoms with Gasteiger partial charge in [-0.3, -0.25) is 9.59 Å². The second kappa shape index (κ2) is 15.4. The minimum Gasteiger partial charge on any atom is -0.382 e. The quantitative estimate of drug-likeness (QED) is 0.472. The molecule has 0 bridgehead atoms. The van der Waals surface area contributed by atoms with E-state index in [0.717, 1.165) is 39.1 Å². The zero-order chi connectivity index (χ0) is 15.8. The minimum atomic E-state index is 0. The highest BCUT2D eigenvalue weighted by molar-refractivity contribution is 5.79. The fraction of sp³-hybridized carbons (Fsp3) is 0.875. The smallest absolute Gasteiger partial charge is 0.220 e. The van der Waals surface area contributed by atoms with Crippen LogP contribution < -0.4 is 5.32 Å². The van der Waals surface area contributed by atoms with Crippen LogP contribution in [0.4, 0.5) is 0 Å². The van der Waals surface area contributed by atoms with Crippen molar-refractivity contribution in [2.45, 2.75) is 58.8 Å². The standard InChI is InChI=1S/C16H31NO4.H2/c1-3-15(18)9-7-10-16(19)17-11-8-14-21-13-6-5-12-20-4-2;/h3-14H2,1-2H3,(H,17,19);1H. The van der Waals surface area contributed by atoms with Gasteiger partial charge in [0.2, 0.25) is 5.91 Å². The van der Waals surface area contributed by atoms with E-state index in [1.54, 1.807) is 0 Å². The zero-order valence-corrected chi connectivity index (χ0v) is 13.6. The summed E-state index contributed by atoms with van der Waals surface area (Å²) >= 11 is 0. The van der Waals surface area contributed by atoms with E-state index >= 15 is 0 Å². The number of unbranched alkanes of at least 4 members (excludes halogenated alkanes) is 1. The Labute approximate surface area is 130 Å². The van der Waals surface area contributed by atoms with Gasteiger partial charge in [-0.05, 0) is 32.6 Å². The van der Waals surface area contributed by atoms with Gasteiger partial charge in [-0.25, -0.2) is 0 Å². The highest BCUT2D eigenvalue weighted by Crippen LogP contribution is 1.99. The summed E-state index contributed by atoms with van der Waals surface area (Å²) in [6, 6.07) is 0. The van der Waals surface area contributed by atoms with Crippen LogP contribution in [-0.4, -0.2) is 44.7 Å². The predicted octanol–water partition coefficient (Wildman–Crippen LogP) is 2.72. The summed E-state index contributed by atoms with van der Waals surface area (Å²) in [6.07, 6.45) is 5.02. The maximum Gasteiger partial charge on any atom is 0.220 e. The molecule has 0 atom stereocenters. The first-order valence-corrected chi connectivity index (χ1v) is 8.14. The van der Waals surface area contributed by atoms with Gasteiger partial charge in [0.1, 0.15) is 5.78 Å². The average molecular weight is 303 g/mol. The van der Waals surface area contributed by atoms with Gasteiger partial charge >= 0.3 is 0 Å². The summed E-state index contributed by atoms with van der Waals surface area (Å²) in [7, 11) is 0. The SMILES string of the molecule is CCOCCCCOCCCNC(=O)CCCC(=O)CC.[HH]. The number of ketones is 1.